The molecule has 1 aliphatic heterocycles. The lowest BCUT2D eigenvalue weighted by molar-refractivity contribution is -0.122. The van der Waals surface area contributed by atoms with Crippen molar-refractivity contribution in [2.24, 2.45) is 0 Å². The van der Waals surface area contributed by atoms with Crippen LogP contribution in [0.3, 0.4) is 0 Å². The van der Waals surface area contributed by atoms with Crippen LogP contribution >= 0.6 is 0 Å². The predicted octanol–water partition coefficient (Wildman–Crippen LogP) is -0.130. The van der Waals surface area contributed by atoms with Gasteiger partial charge in [0.05, 0.1) is 12.8 Å². The molecular formula is C12H25N3O3S. The zero-order valence-corrected chi connectivity index (χ0v) is 12.7. The van der Waals surface area contributed by atoms with Gasteiger partial charge in [-0.3, -0.25) is 9.69 Å². The van der Waals surface area contributed by atoms with E-state index < -0.39 is 10.0 Å². The fraction of sp³-hybridized carbons (Fsp3) is 0.917. The van der Waals surface area contributed by atoms with Crippen molar-refractivity contribution in [1.29, 1.82) is 0 Å². The second-order valence-corrected chi connectivity index (χ2v) is 6.98. The molecule has 0 atom stereocenters. The summed E-state index contributed by atoms with van der Waals surface area (Å²) in [6, 6.07) is 0. The van der Waals surface area contributed by atoms with Crippen LogP contribution in [0.5, 0.6) is 0 Å². The molecule has 0 aromatic carbocycles. The molecule has 0 saturated carbocycles. The number of hydrogen-bond donors (Lipinski definition) is 1. The number of nitrogens with zero attached hydrogens (tertiary/aromatic N) is 2. The van der Waals surface area contributed by atoms with Gasteiger partial charge in [-0.2, -0.15) is 4.31 Å². The number of hydrogen-bond acceptors (Lipinski definition) is 4. The maximum atomic E-state index is 11.7. The highest BCUT2D eigenvalue weighted by Gasteiger charge is 2.24. The molecule has 0 unspecified atom stereocenters. The van der Waals surface area contributed by atoms with Gasteiger partial charge in [0, 0.05) is 32.7 Å². The van der Waals surface area contributed by atoms with Gasteiger partial charge in [-0.05, 0) is 6.42 Å². The Bertz CT molecular complexity index is 376. The minimum Gasteiger partial charge on any atom is -0.355 e. The van der Waals surface area contributed by atoms with Crippen molar-refractivity contribution in [3.05, 3.63) is 0 Å². The van der Waals surface area contributed by atoms with Gasteiger partial charge in [0.1, 0.15) is 0 Å². The molecule has 7 heteroatoms. The zero-order valence-electron chi connectivity index (χ0n) is 11.9. The van der Waals surface area contributed by atoms with E-state index >= 15 is 0 Å². The first-order valence-corrected chi connectivity index (χ1v) is 8.72. The van der Waals surface area contributed by atoms with Crippen molar-refractivity contribution in [3.63, 3.8) is 0 Å². The van der Waals surface area contributed by atoms with E-state index in [1.54, 1.807) is 0 Å². The Morgan fingerprint density at radius 1 is 1.16 bits per heavy atom. The summed E-state index contributed by atoms with van der Waals surface area (Å²) >= 11 is 0. The standard InChI is InChI=1S/C12H25N3O3S/c1-3-4-5-6-13-12(16)11-14-7-9-15(10-8-14)19(2,17)18/h3-11H2,1-2H3,(H,13,16). The first kappa shape index (κ1) is 16.4. The van der Waals surface area contributed by atoms with Gasteiger partial charge >= 0.3 is 0 Å². The van der Waals surface area contributed by atoms with Crippen LogP contribution in [-0.4, -0.2) is 69.1 Å². The number of amides is 1. The Hall–Kier alpha value is -0.660. The van der Waals surface area contributed by atoms with Crippen LogP contribution in [-0.2, 0) is 14.8 Å². The summed E-state index contributed by atoms with van der Waals surface area (Å²) in [6.45, 7) is 5.41. The van der Waals surface area contributed by atoms with Crippen molar-refractivity contribution in [2.75, 3.05) is 45.5 Å². The fourth-order valence-electron chi connectivity index (χ4n) is 2.08. The first-order chi connectivity index (χ1) is 8.93. The van der Waals surface area contributed by atoms with Gasteiger partial charge in [0.25, 0.3) is 0 Å². The minimum atomic E-state index is -3.09. The molecule has 1 amide bonds. The van der Waals surface area contributed by atoms with Crippen molar-refractivity contribution < 1.29 is 13.2 Å². The van der Waals surface area contributed by atoms with E-state index in [2.05, 4.69) is 12.2 Å². The molecule has 19 heavy (non-hydrogen) atoms. The minimum absolute atomic E-state index is 0.0314. The first-order valence-electron chi connectivity index (χ1n) is 6.87. The summed E-state index contributed by atoms with van der Waals surface area (Å²) in [5, 5.41) is 2.89. The predicted molar refractivity (Wildman–Crippen MR) is 75.4 cm³/mol. The molecule has 1 saturated heterocycles. The van der Waals surface area contributed by atoms with Gasteiger partial charge in [0.2, 0.25) is 15.9 Å². The largest absolute Gasteiger partial charge is 0.355 e. The number of rotatable bonds is 7. The van der Waals surface area contributed by atoms with Crippen LogP contribution in [0.4, 0.5) is 0 Å². The van der Waals surface area contributed by atoms with E-state index in [0.29, 0.717) is 32.7 Å². The Morgan fingerprint density at radius 2 is 1.79 bits per heavy atom. The zero-order chi connectivity index (χ0) is 14.3. The van der Waals surface area contributed by atoms with Crippen LogP contribution in [0.25, 0.3) is 0 Å². The van der Waals surface area contributed by atoms with E-state index in [4.69, 9.17) is 0 Å². The Balaban J connectivity index is 2.20. The second kappa shape index (κ2) is 7.81. The summed E-state index contributed by atoms with van der Waals surface area (Å²) in [7, 11) is -3.09. The number of piperazine rings is 1. The lowest BCUT2D eigenvalue weighted by Crippen LogP contribution is -2.50. The molecule has 0 bridgehead atoms. The lowest BCUT2D eigenvalue weighted by atomic mass is 10.2. The molecule has 1 aliphatic rings. The summed E-state index contributed by atoms with van der Waals surface area (Å²) in [5.74, 6) is 0.0314. The highest BCUT2D eigenvalue weighted by atomic mass is 32.2. The number of nitrogens with one attached hydrogen (secondary N) is 1. The van der Waals surface area contributed by atoms with Gasteiger partial charge in [-0.15, -0.1) is 0 Å². The molecule has 0 aromatic rings. The monoisotopic (exact) mass is 291 g/mol. The van der Waals surface area contributed by atoms with Crippen molar-refractivity contribution in [3.8, 4) is 0 Å². The molecule has 0 aromatic heterocycles. The topological polar surface area (TPSA) is 69.7 Å². The normalized spacial score (nSPS) is 18.4. The second-order valence-electron chi connectivity index (χ2n) is 5.00. The van der Waals surface area contributed by atoms with Crippen LogP contribution in [0, 0.1) is 0 Å². The van der Waals surface area contributed by atoms with E-state index in [1.165, 1.54) is 10.6 Å². The summed E-state index contributed by atoms with van der Waals surface area (Å²) in [6.07, 6.45) is 4.52. The average Bonchev–Trinajstić information content (AvgIpc) is 2.34. The van der Waals surface area contributed by atoms with E-state index in [9.17, 15) is 13.2 Å². The molecule has 6 nitrogen and oxygen atoms in total. The quantitative estimate of drug-likeness (QED) is 0.663. The van der Waals surface area contributed by atoms with Crippen LogP contribution < -0.4 is 5.32 Å². The van der Waals surface area contributed by atoms with E-state index in [0.717, 1.165) is 25.8 Å². The molecule has 1 heterocycles. The Kier molecular flexibility index (Phi) is 6.74. The molecule has 1 N–H and O–H groups in total. The van der Waals surface area contributed by atoms with Gasteiger partial charge in [-0.25, -0.2) is 8.42 Å². The number of unbranched alkanes of at least 4 members (excludes halogenated alkanes) is 2. The van der Waals surface area contributed by atoms with Crippen molar-refractivity contribution in [1.82, 2.24) is 14.5 Å². The van der Waals surface area contributed by atoms with Gasteiger partial charge < -0.3 is 5.32 Å². The Labute approximate surface area is 116 Å². The fourth-order valence-corrected chi connectivity index (χ4v) is 2.91. The van der Waals surface area contributed by atoms with Gasteiger partial charge in [0.15, 0.2) is 0 Å². The number of carbonyl (C=O) groups excluding carboxylic acids is 1. The van der Waals surface area contributed by atoms with Crippen LogP contribution in [0.15, 0.2) is 0 Å². The third-order valence-corrected chi connectivity index (χ3v) is 4.57. The van der Waals surface area contributed by atoms with E-state index in [-0.39, 0.29) is 5.91 Å². The van der Waals surface area contributed by atoms with Crippen LogP contribution in [0.2, 0.25) is 0 Å². The Morgan fingerprint density at radius 3 is 2.32 bits per heavy atom. The SMILES string of the molecule is CCCCCNC(=O)CN1CCN(S(C)(=O)=O)CC1. The summed E-state index contributed by atoms with van der Waals surface area (Å²) < 4.78 is 24.2. The number of sulfonamides is 1. The van der Waals surface area contributed by atoms with Gasteiger partial charge in [-0.1, -0.05) is 19.8 Å². The third-order valence-electron chi connectivity index (χ3n) is 3.27. The molecule has 0 spiro atoms. The number of carbonyl (C=O) groups is 1. The maximum Gasteiger partial charge on any atom is 0.234 e. The smallest absolute Gasteiger partial charge is 0.234 e. The molecule has 0 aliphatic carbocycles. The highest BCUT2D eigenvalue weighted by Crippen LogP contribution is 2.05. The van der Waals surface area contributed by atoms with E-state index in [1.807, 2.05) is 4.90 Å². The molecule has 0 radical (unpaired) electrons. The van der Waals surface area contributed by atoms with Crippen molar-refractivity contribution >= 4 is 15.9 Å². The molecule has 1 fully saturated rings. The highest BCUT2D eigenvalue weighted by molar-refractivity contribution is 7.88. The summed E-state index contributed by atoms with van der Waals surface area (Å²) in [4.78, 5) is 13.7. The molecule has 1 rings (SSSR count). The maximum absolute atomic E-state index is 11.7. The summed E-state index contributed by atoms with van der Waals surface area (Å²) in [5.41, 5.74) is 0. The lowest BCUT2D eigenvalue weighted by Gasteiger charge is -2.32. The average molecular weight is 291 g/mol. The van der Waals surface area contributed by atoms with Crippen LogP contribution in [0.1, 0.15) is 26.2 Å². The molecular weight excluding hydrogens is 266 g/mol. The third kappa shape index (κ3) is 6.35. The van der Waals surface area contributed by atoms with Crippen molar-refractivity contribution in [2.45, 2.75) is 26.2 Å². The molecule has 112 valence electrons.